The predicted octanol–water partition coefficient (Wildman–Crippen LogP) is 0.659. The first-order chi connectivity index (χ1) is 11.1. The molecule has 6 nitrogen and oxygen atoms in total. The third-order valence-electron chi connectivity index (χ3n) is 4.29. The minimum Gasteiger partial charge on any atom is -0.469 e. The van der Waals surface area contributed by atoms with Crippen LogP contribution in [0.1, 0.15) is 12.0 Å². The maximum atomic E-state index is 11.5. The van der Waals surface area contributed by atoms with Gasteiger partial charge in [-0.25, -0.2) is 0 Å². The number of likely N-dealkylation sites (N-methyl/N-ethyl adjacent to an activating group) is 1. The summed E-state index contributed by atoms with van der Waals surface area (Å²) in [6, 6.07) is 8.08. The van der Waals surface area contributed by atoms with Crippen molar-refractivity contribution < 1.29 is 14.3 Å². The molecular formula is C17H25N3O3. The number of rotatable bonds is 7. The SMILES string of the molecule is COC(=O)CCc1ccc(N(C=O)CC2CNCCN2C)cc1. The summed E-state index contributed by atoms with van der Waals surface area (Å²) in [6.45, 7) is 3.53. The van der Waals surface area contributed by atoms with Gasteiger partial charge in [-0.3, -0.25) is 14.5 Å². The van der Waals surface area contributed by atoms with Crippen molar-refractivity contribution in [3.05, 3.63) is 29.8 Å². The fourth-order valence-electron chi connectivity index (χ4n) is 2.71. The fourth-order valence-corrected chi connectivity index (χ4v) is 2.71. The van der Waals surface area contributed by atoms with Crippen LogP contribution < -0.4 is 10.2 Å². The number of methoxy groups -OCH3 is 1. The Hall–Kier alpha value is -1.92. The van der Waals surface area contributed by atoms with Crippen LogP contribution in [0.2, 0.25) is 0 Å². The van der Waals surface area contributed by atoms with E-state index in [0.717, 1.165) is 37.3 Å². The van der Waals surface area contributed by atoms with E-state index in [4.69, 9.17) is 0 Å². The van der Waals surface area contributed by atoms with Crippen LogP contribution in [0.3, 0.4) is 0 Å². The molecular weight excluding hydrogens is 294 g/mol. The summed E-state index contributed by atoms with van der Waals surface area (Å²) in [5.41, 5.74) is 1.93. The quantitative estimate of drug-likeness (QED) is 0.591. The summed E-state index contributed by atoms with van der Waals surface area (Å²) in [7, 11) is 3.48. The number of esters is 1. The van der Waals surface area contributed by atoms with Crippen LogP contribution in [0, 0.1) is 0 Å². The third kappa shape index (κ3) is 5.04. The number of carbonyl (C=O) groups excluding carboxylic acids is 2. The van der Waals surface area contributed by atoms with Gasteiger partial charge < -0.3 is 15.0 Å². The molecule has 1 atom stereocenters. The standard InChI is InChI=1S/C17H25N3O3/c1-19-10-9-18-11-16(19)12-20(13-21)15-6-3-14(4-7-15)5-8-17(22)23-2/h3-4,6-7,13,16,18H,5,8-12H2,1-2H3. The zero-order valence-electron chi connectivity index (χ0n) is 13.8. The topological polar surface area (TPSA) is 61.9 Å². The summed E-state index contributed by atoms with van der Waals surface area (Å²) in [4.78, 5) is 26.6. The van der Waals surface area contributed by atoms with Crippen LogP contribution in [0.15, 0.2) is 24.3 Å². The van der Waals surface area contributed by atoms with Crippen LogP contribution >= 0.6 is 0 Å². The maximum Gasteiger partial charge on any atom is 0.305 e. The molecule has 1 fully saturated rings. The molecule has 2 rings (SSSR count). The highest BCUT2D eigenvalue weighted by molar-refractivity contribution is 5.75. The normalized spacial score (nSPS) is 18.4. The molecule has 0 radical (unpaired) electrons. The van der Waals surface area contributed by atoms with Crippen molar-refractivity contribution >= 4 is 18.1 Å². The number of hydrogen-bond donors (Lipinski definition) is 1. The van der Waals surface area contributed by atoms with Gasteiger partial charge in [0.15, 0.2) is 0 Å². The van der Waals surface area contributed by atoms with Gasteiger partial charge in [-0.15, -0.1) is 0 Å². The van der Waals surface area contributed by atoms with Crippen LogP contribution in [-0.2, 0) is 20.7 Å². The zero-order valence-corrected chi connectivity index (χ0v) is 13.8. The minimum absolute atomic E-state index is 0.212. The van der Waals surface area contributed by atoms with Crippen molar-refractivity contribution in [1.82, 2.24) is 10.2 Å². The Morgan fingerprint density at radius 2 is 2.17 bits per heavy atom. The molecule has 1 saturated heterocycles. The predicted molar refractivity (Wildman–Crippen MR) is 89.5 cm³/mol. The lowest BCUT2D eigenvalue weighted by Crippen LogP contribution is -2.54. The molecule has 23 heavy (non-hydrogen) atoms. The molecule has 1 amide bonds. The largest absolute Gasteiger partial charge is 0.469 e. The van der Waals surface area contributed by atoms with E-state index in [-0.39, 0.29) is 5.97 Å². The van der Waals surface area contributed by atoms with Crippen LogP contribution in [0.5, 0.6) is 0 Å². The van der Waals surface area contributed by atoms with Gasteiger partial charge in [-0.2, -0.15) is 0 Å². The van der Waals surface area contributed by atoms with Gasteiger partial charge in [0.25, 0.3) is 0 Å². The van der Waals surface area contributed by atoms with Crippen molar-refractivity contribution in [1.29, 1.82) is 0 Å². The number of piperazine rings is 1. The van der Waals surface area contributed by atoms with Crippen molar-refractivity contribution in [2.24, 2.45) is 0 Å². The van der Waals surface area contributed by atoms with Gasteiger partial charge in [0.05, 0.1) is 7.11 Å². The first-order valence-corrected chi connectivity index (χ1v) is 7.92. The number of ether oxygens (including phenoxy) is 1. The lowest BCUT2D eigenvalue weighted by Gasteiger charge is -2.35. The number of hydrogen-bond acceptors (Lipinski definition) is 5. The lowest BCUT2D eigenvalue weighted by molar-refractivity contribution is -0.140. The van der Waals surface area contributed by atoms with E-state index < -0.39 is 0 Å². The Morgan fingerprint density at radius 1 is 1.43 bits per heavy atom. The molecule has 6 heteroatoms. The van der Waals surface area contributed by atoms with E-state index in [1.54, 1.807) is 4.90 Å². The van der Waals surface area contributed by atoms with E-state index in [9.17, 15) is 9.59 Å². The molecule has 0 spiro atoms. The van der Waals surface area contributed by atoms with Crippen molar-refractivity contribution in [2.45, 2.75) is 18.9 Å². The van der Waals surface area contributed by atoms with Crippen molar-refractivity contribution in [3.8, 4) is 0 Å². The number of aryl methyl sites for hydroxylation is 1. The summed E-state index contributed by atoms with van der Waals surface area (Å²) in [5, 5.41) is 3.36. The molecule has 1 heterocycles. The van der Waals surface area contributed by atoms with E-state index in [2.05, 4.69) is 22.0 Å². The number of anilines is 1. The number of nitrogens with zero attached hydrogens (tertiary/aromatic N) is 2. The Morgan fingerprint density at radius 3 is 2.78 bits per heavy atom. The Balaban J connectivity index is 1.95. The fraction of sp³-hybridized carbons (Fsp3) is 0.529. The van der Waals surface area contributed by atoms with E-state index >= 15 is 0 Å². The van der Waals surface area contributed by atoms with E-state index in [1.165, 1.54) is 7.11 Å². The summed E-state index contributed by atoms with van der Waals surface area (Å²) < 4.78 is 4.64. The first kappa shape index (κ1) is 17.4. The Labute approximate surface area is 137 Å². The molecule has 1 aromatic rings. The molecule has 1 aromatic carbocycles. The summed E-state index contributed by atoms with van der Waals surface area (Å²) in [5.74, 6) is -0.212. The molecule has 0 bridgehead atoms. The van der Waals surface area contributed by atoms with Gasteiger partial charge in [0.2, 0.25) is 6.41 Å². The number of amides is 1. The highest BCUT2D eigenvalue weighted by Gasteiger charge is 2.21. The van der Waals surface area contributed by atoms with E-state index in [1.807, 2.05) is 24.3 Å². The third-order valence-corrected chi connectivity index (χ3v) is 4.29. The number of benzene rings is 1. The molecule has 0 aliphatic carbocycles. The minimum atomic E-state index is -0.212. The van der Waals surface area contributed by atoms with Gasteiger partial charge >= 0.3 is 5.97 Å². The molecule has 126 valence electrons. The summed E-state index contributed by atoms with van der Waals surface area (Å²) in [6.07, 6.45) is 1.89. The molecule has 0 saturated carbocycles. The Bertz CT molecular complexity index is 518. The molecule has 1 aliphatic rings. The molecule has 1 unspecified atom stereocenters. The second-order valence-corrected chi connectivity index (χ2v) is 5.84. The zero-order chi connectivity index (χ0) is 16.7. The highest BCUT2D eigenvalue weighted by atomic mass is 16.5. The van der Waals surface area contributed by atoms with E-state index in [0.29, 0.717) is 25.4 Å². The van der Waals surface area contributed by atoms with Gasteiger partial charge in [0, 0.05) is 44.3 Å². The van der Waals surface area contributed by atoms with Gasteiger partial charge in [-0.1, -0.05) is 12.1 Å². The average molecular weight is 319 g/mol. The monoisotopic (exact) mass is 319 g/mol. The molecule has 1 N–H and O–H groups in total. The lowest BCUT2D eigenvalue weighted by atomic mass is 10.1. The van der Waals surface area contributed by atoms with Crippen LogP contribution in [-0.4, -0.2) is 63.7 Å². The van der Waals surface area contributed by atoms with Gasteiger partial charge in [0.1, 0.15) is 0 Å². The molecule has 1 aliphatic heterocycles. The smallest absolute Gasteiger partial charge is 0.305 e. The number of nitrogens with one attached hydrogen (secondary N) is 1. The Kier molecular flexibility index (Phi) is 6.55. The highest BCUT2D eigenvalue weighted by Crippen LogP contribution is 2.16. The average Bonchev–Trinajstić information content (AvgIpc) is 2.59. The maximum absolute atomic E-state index is 11.5. The first-order valence-electron chi connectivity index (χ1n) is 7.92. The molecule has 0 aromatic heterocycles. The van der Waals surface area contributed by atoms with Crippen LogP contribution in [0.25, 0.3) is 0 Å². The van der Waals surface area contributed by atoms with Crippen molar-refractivity contribution in [2.75, 3.05) is 45.2 Å². The van der Waals surface area contributed by atoms with Crippen LogP contribution in [0.4, 0.5) is 5.69 Å². The number of carbonyl (C=O) groups is 2. The second-order valence-electron chi connectivity index (χ2n) is 5.84. The van der Waals surface area contributed by atoms with Crippen molar-refractivity contribution in [3.63, 3.8) is 0 Å². The second kappa shape index (κ2) is 8.64. The summed E-state index contributed by atoms with van der Waals surface area (Å²) >= 11 is 0. The van der Waals surface area contributed by atoms with Gasteiger partial charge in [-0.05, 0) is 31.2 Å².